The Balaban J connectivity index is 1.95. The van der Waals surface area contributed by atoms with Gasteiger partial charge in [-0.2, -0.15) is 20.1 Å². The third-order valence-corrected chi connectivity index (χ3v) is 2.65. The highest BCUT2D eigenvalue weighted by Gasteiger charge is 2.10. The van der Waals surface area contributed by atoms with Crippen LogP contribution >= 0.6 is 11.6 Å². The molecule has 106 valence electrons. The minimum Gasteiger partial charge on any atom is -0.321 e. The van der Waals surface area contributed by atoms with Crippen molar-refractivity contribution in [2.24, 2.45) is 0 Å². The van der Waals surface area contributed by atoms with Crippen LogP contribution in [0.25, 0.3) is 5.95 Å². The van der Waals surface area contributed by atoms with Gasteiger partial charge in [0.05, 0.1) is 5.69 Å². The van der Waals surface area contributed by atoms with Crippen molar-refractivity contribution in [3.8, 4) is 5.95 Å². The molecule has 1 N–H and O–H groups in total. The fourth-order valence-corrected chi connectivity index (χ4v) is 1.75. The average Bonchev–Trinajstić information content (AvgIpc) is 2.95. The van der Waals surface area contributed by atoms with Gasteiger partial charge in [-0.3, -0.25) is 0 Å². The molecule has 0 saturated heterocycles. The van der Waals surface area contributed by atoms with E-state index < -0.39 is 11.6 Å². The van der Waals surface area contributed by atoms with E-state index in [2.05, 4.69) is 25.4 Å². The molecule has 1 aromatic carbocycles. The monoisotopic (exact) mass is 308 g/mol. The van der Waals surface area contributed by atoms with E-state index in [1.54, 1.807) is 18.5 Å². The molecule has 0 radical (unpaired) electrons. The van der Waals surface area contributed by atoms with Gasteiger partial charge in [0.25, 0.3) is 5.95 Å². The first kappa shape index (κ1) is 13.4. The Hall–Kier alpha value is -2.61. The number of nitrogens with zero attached hydrogens (tertiary/aromatic N) is 5. The zero-order valence-electron chi connectivity index (χ0n) is 10.3. The first-order chi connectivity index (χ1) is 10.1. The molecule has 3 rings (SSSR count). The average molecular weight is 309 g/mol. The van der Waals surface area contributed by atoms with E-state index >= 15 is 0 Å². The first-order valence-electron chi connectivity index (χ1n) is 5.75. The van der Waals surface area contributed by atoms with E-state index in [1.165, 1.54) is 10.7 Å². The summed E-state index contributed by atoms with van der Waals surface area (Å²) < 4.78 is 27.8. The van der Waals surface area contributed by atoms with Gasteiger partial charge in [-0.15, -0.1) is 0 Å². The summed E-state index contributed by atoms with van der Waals surface area (Å²) in [5, 5.41) is 6.49. The molecule has 3 aromatic rings. The van der Waals surface area contributed by atoms with Crippen LogP contribution in [0.4, 0.5) is 20.4 Å². The van der Waals surface area contributed by atoms with Gasteiger partial charge < -0.3 is 5.32 Å². The number of anilines is 2. The standard InChI is InChI=1S/C12H7ClF2N6/c13-10-18-11(17-9-3-2-7(14)6-8(9)15)20-12(19-10)21-5-1-4-16-21/h1-6H,(H,17,18,19,20). The highest BCUT2D eigenvalue weighted by molar-refractivity contribution is 6.28. The summed E-state index contributed by atoms with van der Waals surface area (Å²) in [4.78, 5) is 11.8. The Kier molecular flexibility index (Phi) is 3.44. The van der Waals surface area contributed by atoms with Crippen LogP contribution in [-0.2, 0) is 0 Å². The molecule has 0 unspecified atom stereocenters. The molecule has 2 aromatic heterocycles. The van der Waals surface area contributed by atoms with Crippen molar-refractivity contribution in [3.05, 3.63) is 53.6 Å². The zero-order chi connectivity index (χ0) is 14.8. The molecule has 2 heterocycles. The maximum Gasteiger partial charge on any atom is 0.256 e. The Bertz CT molecular complexity index is 777. The summed E-state index contributed by atoms with van der Waals surface area (Å²) in [6.45, 7) is 0. The van der Waals surface area contributed by atoms with E-state index in [9.17, 15) is 8.78 Å². The molecular weight excluding hydrogens is 302 g/mol. The van der Waals surface area contributed by atoms with Crippen molar-refractivity contribution in [3.63, 3.8) is 0 Å². The number of nitrogens with one attached hydrogen (secondary N) is 1. The van der Waals surface area contributed by atoms with Crippen molar-refractivity contribution < 1.29 is 8.78 Å². The summed E-state index contributed by atoms with van der Waals surface area (Å²) in [5.41, 5.74) is 0.0186. The van der Waals surface area contributed by atoms with E-state index in [1.807, 2.05) is 0 Å². The van der Waals surface area contributed by atoms with Crippen molar-refractivity contribution in [1.29, 1.82) is 0 Å². The predicted octanol–water partition coefficient (Wildman–Crippen LogP) is 2.73. The third-order valence-electron chi connectivity index (χ3n) is 2.48. The maximum atomic E-state index is 13.6. The number of aromatic nitrogens is 5. The first-order valence-corrected chi connectivity index (χ1v) is 6.13. The lowest BCUT2D eigenvalue weighted by molar-refractivity contribution is 0.586. The summed E-state index contributed by atoms with van der Waals surface area (Å²) in [6.07, 6.45) is 3.17. The topological polar surface area (TPSA) is 68.5 Å². The van der Waals surface area contributed by atoms with Crippen molar-refractivity contribution in [2.45, 2.75) is 0 Å². The van der Waals surface area contributed by atoms with Crippen LogP contribution in [0.5, 0.6) is 0 Å². The molecule has 0 amide bonds. The molecule has 0 aliphatic carbocycles. The van der Waals surface area contributed by atoms with Crippen LogP contribution in [0.1, 0.15) is 0 Å². The SMILES string of the molecule is Fc1ccc(Nc2nc(Cl)nc(-n3cccn3)n2)c(F)c1. The Morgan fingerprint density at radius 2 is 2.00 bits per heavy atom. The molecule has 0 fully saturated rings. The number of halogens is 3. The number of hydrogen-bond acceptors (Lipinski definition) is 5. The fraction of sp³-hybridized carbons (Fsp3) is 0. The second kappa shape index (κ2) is 5.41. The van der Waals surface area contributed by atoms with E-state index in [0.717, 1.165) is 12.1 Å². The Labute approximate surface area is 122 Å². The van der Waals surface area contributed by atoms with E-state index in [-0.39, 0.29) is 22.9 Å². The van der Waals surface area contributed by atoms with E-state index in [4.69, 9.17) is 11.6 Å². The van der Waals surface area contributed by atoms with Gasteiger partial charge in [-0.1, -0.05) is 0 Å². The molecule has 9 heteroatoms. The van der Waals surface area contributed by atoms with Crippen LogP contribution < -0.4 is 5.32 Å². The summed E-state index contributed by atoms with van der Waals surface area (Å²) >= 11 is 5.80. The largest absolute Gasteiger partial charge is 0.321 e. The number of benzene rings is 1. The molecule has 0 aliphatic rings. The van der Waals surface area contributed by atoms with Crippen molar-refractivity contribution in [2.75, 3.05) is 5.32 Å². The minimum absolute atomic E-state index is 0.0186. The molecule has 0 atom stereocenters. The van der Waals surface area contributed by atoms with Gasteiger partial charge in [-0.05, 0) is 29.8 Å². The van der Waals surface area contributed by atoms with E-state index in [0.29, 0.717) is 0 Å². The second-order valence-electron chi connectivity index (χ2n) is 3.93. The van der Waals surface area contributed by atoms with Gasteiger partial charge in [0.1, 0.15) is 11.6 Å². The lowest BCUT2D eigenvalue weighted by atomic mass is 10.3. The molecular formula is C12H7ClF2N6. The lowest BCUT2D eigenvalue weighted by Crippen LogP contribution is -2.07. The van der Waals surface area contributed by atoms with Crippen molar-refractivity contribution in [1.82, 2.24) is 24.7 Å². The van der Waals surface area contributed by atoms with Gasteiger partial charge in [0, 0.05) is 18.5 Å². The smallest absolute Gasteiger partial charge is 0.256 e. The maximum absolute atomic E-state index is 13.6. The molecule has 0 spiro atoms. The fourth-order valence-electron chi connectivity index (χ4n) is 1.60. The number of hydrogen-bond donors (Lipinski definition) is 1. The van der Waals surface area contributed by atoms with Gasteiger partial charge >= 0.3 is 0 Å². The predicted molar refractivity (Wildman–Crippen MR) is 71.6 cm³/mol. The third kappa shape index (κ3) is 2.95. The van der Waals surface area contributed by atoms with Crippen LogP contribution in [0.2, 0.25) is 5.28 Å². The Morgan fingerprint density at radius 1 is 1.14 bits per heavy atom. The van der Waals surface area contributed by atoms with Crippen LogP contribution in [0.3, 0.4) is 0 Å². The van der Waals surface area contributed by atoms with Gasteiger partial charge in [-0.25, -0.2) is 13.5 Å². The molecule has 0 aliphatic heterocycles. The van der Waals surface area contributed by atoms with Crippen LogP contribution in [0.15, 0.2) is 36.7 Å². The minimum atomic E-state index is -0.771. The van der Waals surface area contributed by atoms with Gasteiger partial charge in [0.15, 0.2) is 0 Å². The quantitative estimate of drug-likeness (QED) is 0.805. The van der Waals surface area contributed by atoms with Gasteiger partial charge in [0.2, 0.25) is 11.2 Å². The highest BCUT2D eigenvalue weighted by atomic mass is 35.5. The van der Waals surface area contributed by atoms with Crippen molar-refractivity contribution >= 4 is 23.2 Å². The normalized spacial score (nSPS) is 10.6. The molecule has 0 bridgehead atoms. The van der Waals surface area contributed by atoms with Crippen LogP contribution in [0, 0.1) is 11.6 Å². The molecule has 21 heavy (non-hydrogen) atoms. The summed E-state index contributed by atoms with van der Waals surface area (Å²) in [6, 6.07) is 4.78. The zero-order valence-corrected chi connectivity index (χ0v) is 11.1. The molecule has 6 nitrogen and oxygen atoms in total. The lowest BCUT2D eigenvalue weighted by Gasteiger charge is -2.07. The molecule has 0 saturated carbocycles. The summed E-state index contributed by atoms with van der Waals surface area (Å²) in [7, 11) is 0. The summed E-state index contributed by atoms with van der Waals surface area (Å²) in [5.74, 6) is -1.26. The van der Waals surface area contributed by atoms with Crippen LogP contribution in [-0.4, -0.2) is 24.7 Å². The second-order valence-corrected chi connectivity index (χ2v) is 4.27. The Morgan fingerprint density at radius 3 is 2.71 bits per heavy atom. The number of rotatable bonds is 3. The highest BCUT2D eigenvalue weighted by Crippen LogP contribution is 2.19.